The molecule has 0 fully saturated rings. The highest BCUT2D eigenvalue weighted by molar-refractivity contribution is 9.10. The maximum Gasteiger partial charge on any atom is 0.106 e. The van der Waals surface area contributed by atoms with Gasteiger partial charge in [-0.05, 0) is 29.8 Å². The average Bonchev–Trinajstić information content (AvgIpc) is 2.37. The van der Waals surface area contributed by atoms with Gasteiger partial charge >= 0.3 is 0 Å². The van der Waals surface area contributed by atoms with Gasteiger partial charge in [0.05, 0.1) is 0 Å². The number of halogens is 2. The lowest BCUT2D eigenvalue weighted by Gasteiger charge is -2.12. The van der Waals surface area contributed by atoms with Crippen molar-refractivity contribution in [2.24, 2.45) is 5.73 Å². The maximum absolute atomic E-state index is 6.12. The fourth-order valence-electron chi connectivity index (χ4n) is 1.71. The molecule has 0 bridgehead atoms. The van der Waals surface area contributed by atoms with Crippen LogP contribution < -0.4 is 11.1 Å². The lowest BCUT2D eigenvalue weighted by atomic mass is 10.1. The summed E-state index contributed by atoms with van der Waals surface area (Å²) in [7, 11) is 0. The van der Waals surface area contributed by atoms with Crippen molar-refractivity contribution in [3.05, 3.63) is 63.1 Å². The molecule has 5 heteroatoms. The molecule has 0 atom stereocenters. The third kappa shape index (κ3) is 3.69. The molecule has 2 rings (SSSR count). The molecule has 19 heavy (non-hydrogen) atoms. The number of nitrogens with two attached hydrogens (primary N) is 1. The Hall–Kier alpha value is -1.10. The quantitative estimate of drug-likeness (QED) is 0.801. The number of thiocarbonyl (C=S) groups is 1. The van der Waals surface area contributed by atoms with Crippen molar-refractivity contribution in [1.82, 2.24) is 0 Å². The van der Waals surface area contributed by atoms with Gasteiger partial charge in [-0.1, -0.05) is 57.9 Å². The van der Waals surface area contributed by atoms with Gasteiger partial charge in [0, 0.05) is 27.3 Å². The highest BCUT2D eigenvalue weighted by atomic mass is 79.9. The summed E-state index contributed by atoms with van der Waals surface area (Å²) in [6, 6.07) is 13.5. The van der Waals surface area contributed by atoms with Crippen molar-refractivity contribution in [3.8, 4) is 0 Å². The smallest absolute Gasteiger partial charge is 0.106 e. The fraction of sp³-hybridized carbons (Fsp3) is 0.0714. The summed E-state index contributed by atoms with van der Waals surface area (Å²) < 4.78 is 0.967. The van der Waals surface area contributed by atoms with E-state index in [4.69, 9.17) is 29.6 Å². The standard InChI is InChI=1S/C14H12BrClN2S/c15-10-5-6-11(14(17)19)13(7-10)18-8-9-3-1-2-4-12(9)16/h1-7,18H,8H2,(H2,17,19). The molecular weight excluding hydrogens is 344 g/mol. The Labute approximate surface area is 131 Å². The van der Waals surface area contributed by atoms with E-state index in [9.17, 15) is 0 Å². The summed E-state index contributed by atoms with van der Waals surface area (Å²) in [5.74, 6) is 0. The first-order valence-corrected chi connectivity index (χ1v) is 7.22. The van der Waals surface area contributed by atoms with Crippen LogP contribution in [0.5, 0.6) is 0 Å². The van der Waals surface area contributed by atoms with Crippen molar-refractivity contribution in [1.29, 1.82) is 0 Å². The lowest BCUT2D eigenvalue weighted by molar-refractivity contribution is 1.15. The second-order valence-corrected chi connectivity index (χ2v) is 5.76. The van der Waals surface area contributed by atoms with Crippen molar-refractivity contribution in [3.63, 3.8) is 0 Å². The zero-order chi connectivity index (χ0) is 13.8. The van der Waals surface area contributed by atoms with Gasteiger partial charge in [-0.3, -0.25) is 0 Å². The molecule has 98 valence electrons. The van der Waals surface area contributed by atoms with Crippen molar-refractivity contribution in [2.45, 2.75) is 6.54 Å². The highest BCUT2D eigenvalue weighted by Crippen LogP contribution is 2.23. The molecule has 0 unspecified atom stereocenters. The summed E-state index contributed by atoms with van der Waals surface area (Å²) in [6.07, 6.45) is 0. The largest absolute Gasteiger partial charge is 0.389 e. The van der Waals surface area contributed by atoms with E-state index in [0.29, 0.717) is 11.5 Å². The number of rotatable bonds is 4. The predicted octanol–water partition coefficient (Wildman–Crippen LogP) is 4.35. The van der Waals surface area contributed by atoms with E-state index in [-0.39, 0.29) is 0 Å². The zero-order valence-electron chi connectivity index (χ0n) is 9.99. The van der Waals surface area contributed by atoms with E-state index in [1.54, 1.807) is 0 Å². The molecule has 0 aromatic heterocycles. The molecule has 2 aromatic rings. The molecular formula is C14H12BrClN2S. The SMILES string of the molecule is NC(=S)c1ccc(Br)cc1NCc1ccccc1Cl. The summed E-state index contributed by atoms with van der Waals surface area (Å²) in [5.41, 5.74) is 8.45. The summed E-state index contributed by atoms with van der Waals surface area (Å²) >= 11 is 14.6. The summed E-state index contributed by atoms with van der Waals surface area (Å²) in [5, 5.41) is 4.05. The predicted molar refractivity (Wildman–Crippen MR) is 88.8 cm³/mol. The molecule has 0 saturated heterocycles. The van der Waals surface area contributed by atoms with E-state index in [1.807, 2.05) is 42.5 Å². The molecule has 0 aliphatic heterocycles. The number of hydrogen-bond donors (Lipinski definition) is 2. The Bertz CT molecular complexity index is 616. The van der Waals surface area contributed by atoms with Gasteiger partial charge in [0.25, 0.3) is 0 Å². The first kappa shape index (κ1) is 14.3. The van der Waals surface area contributed by atoms with Crippen molar-refractivity contribution < 1.29 is 0 Å². The third-order valence-electron chi connectivity index (χ3n) is 2.67. The van der Waals surface area contributed by atoms with Crippen LogP contribution in [0, 0.1) is 0 Å². The van der Waals surface area contributed by atoms with Gasteiger partial charge in [0.15, 0.2) is 0 Å². The van der Waals surface area contributed by atoms with E-state index in [2.05, 4.69) is 21.2 Å². The second kappa shape index (κ2) is 6.37. The van der Waals surface area contributed by atoms with Crippen LogP contribution >= 0.6 is 39.7 Å². The van der Waals surface area contributed by atoms with Crippen LogP contribution in [0.4, 0.5) is 5.69 Å². The maximum atomic E-state index is 6.12. The van der Waals surface area contributed by atoms with Crippen molar-refractivity contribution in [2.75, 3.05) is 5.32 Å². The first-order chi connectivity index (χ1) is 9.08. The average molecular weight is 356 g/mol. The Morgan fingerprint density at radius 2 is 2.00 bits per heavy atom. The van der Waals surface area contributed by atoms with E-state index < -0.39 is 0 Å². The van der Waals surface area contributed by atoms with E-state index in [0.717, 1.165) is 26.3 Å². The molecule has 0 heterocycles. The molecule has 0 amide bonds. The van der Waals surface area contributed by atoms with Crippen LogP contribution in [0.1, 0.15) is 11.1 Å². The minimum absolute atomic E-state index is 0.370. The van der Waals surface area contributed by atoms with Crippen LogP contribution in [-0.4, -0.2) is 4.99 Å². The molecule has 3 N–H and O–H groups in total. The third-order valence-corrected chi connectivity index (χ3v) is 3.76. The lowest BCUT2D eigenvalue weighted by Crippen LogP contribution is -2.13. The van der Waals surface area contributed by atoms with Gasteiger partial charge in [-0.2, -0.15) is 0 Å². The molecule has 0 spiro atoms. The van der Waals surface area contributed by atoms with Gasteiger partial charge < -0.3 is 11.1 Å². The van der Waals surface area contributed by atoms with Crippen LogP contribution in [0.2, 0.25) is 5.02 Å². The zero-order valence-corrected chi connectivity index (χ0v) is 13.1. The van der Waals surface area contributed by atoms with Crippen LogP contribution in [0.3, 0.4) is 0 Å². The Morgan fingerprint density at radius 3 is 2.68 bits per heavy atom. The number of benzene rings is 2. The molecule has 0 aliphatic rings. The van der Waals surface area contributed by atoms with Crippen LogP contribution in [-0.2, 0) is 6.54 Å². The van der Waals surface area contributed by atoms with Crippen molar-refractivity contribution >= 4 is 50.4 Å². The number of anilines is 1. The van der Waals surface area contributed by atoms with Gasteiger partial charge in [0.1, 0.15) is 4.99 Å². The molecule has 2 aromatic carbocycles. The topological polar surface area (TPSA) is 38.0 Å². The Kier molecular flexibility index (Phi) is 4.80. The van der Waals surface area contributed by atoms with E-state index >= 15 is 0 Å². The molecule has 0 aliphatic carbocycles. The minimum atomic E-state index is 0.370. The normalized spacial score (nSPS) is 10.2. The van der Waals surface area contributed by atoms with Gasteiger partial charge in [-0.15, -0.1) is 0 Å². The molecule has 2 nitrogen and oxygen atoms in total. The Morgan fingerprint density at radius 1 is 1.26 bits per heavy atom. The van der Waals surface area contributed by atoms with Crippen LogP contribution in [0.15, 0.2) is 46.9 Å². The number of nitrogens with one attached hydrogen (secondary N) is 1. The summed E-state index contributed by atoms with van der Waals surface area (Å²) in [6.45, 7) is 0.617. The van der Waals surface area contributed by atoms with Gasteiger partial charge in [-0.25, -0.2) is 0 Å². The Balaban J connectivity index is 2.22. The van der Waals surface area contributed by atoms with Crippen LogP contribution in [0.25, 0.3) is 0 Å². The fourth-order valence-corrected chi connectivity index (χ4v) is 2.45. The first-order valence-electron chi connectivity index (χ1n) is 5.64. The van der Waals surface area contributed by atoms with Gasteiger partial charge in [0.2, 0.25) is 0 Å². The minimum Gasteiger partial charge on any atom is -0.389 e. The second-order valence-electron chi connectivity index (χ2n) is 4.00. The van der Waals surface area contributed by atoms with E-state index in [1.165, 1.54) is 0 Å². The monoisotopic (exact) mass is 354 g/mol. The highest BCUT2D eigenvalue weighted by Gasteiger charge is 2.06. The molecule has 0 radical (unpaired) electrons. The number of hydrogen-bond acceptors (Lipinski definition) is 2. The molecule has 0 saturated carbocycles. The summed E-state index contributed by atoms with van der Waals surface area (Å²) in [4.78, 5) is 0.370.